The minimum Gasteiger partial charge on any atom is -0.382 e. The molecule has 0 radical (unpaired) electrons. The van der Waals surface area contributed by atoms with Gasteiger partial charge in [0.1, 0.15) is 0 Å². The first-order chi connectivity index (χ1) is 12.5. The monoisotopic (exact) mass is 382 g/mol. The van der Waals surface area contributed by atoms with E-state index in [1.165, 1.54) is 0 Å². The molecule has 0 amide bonds. The van der Waals surface area contributed by atoms with E-state index in [2.05, 4.69) is 19.9 Å². The molecule has 8 heteroatoms. The summed E-state index contributed by atoms with van der Waals surface area (Å²) >= 11 is 12.0. The largest absolute Gasteiger partial charge is 0.382 e. The molecule has 4 aromatic rings. The number of anilines is 2. The number of hydrogen-bond acceptors (Lipinski definition) is 6. The second-order valence-corrected chi connectivity index (χ2v) is 6.45. The van der Waals surface area contributed by atoms with Crippen LogP contribution in [0.3, 0.4) is 0 Å². The third-order valence-electron chi connectivity index (χ3n) is 3.81. The van der Waals surface area contributed by atoms with Crippen molar-refractivity contribution < 1.29 is 0 Å². The molecule has 0 atom stereocenters. The SMILES string of the molecule is Nc1nc(N)c2nc(-c3ccc(Cl)cc3)c(-c3ccc(Cl)cc3)nc2n1. The lowest BCUT2D eigenvalue weighted by molar-refractivity contribution is 1.17. The van der Waals surface area contributed by atoms with Crippen LogP contribution < -0.4 is 11.5 Å². The summed E-state index contributed by atoms with van der Waals surface area (Å²) in [6.07, 6.45) is 0. The summed E-state index contributed by atoms with van der Waals surface area (Å²) in [5.74, 6) is 0.225. The van der Waals surface area contributed by atoms with Crippen molar-refractivity contribution in [3.05, 3.63) is 58.6 Å². The Morgan fingerprint density at radius 1 is 0.615 bits per heavy atom. The van der Waals surface area contributed by atoms with Gasteiger partial charge in [-0.1, -0.05) is 47.5 Å². The smallest absolute Gasteiger partial charge is 0.224 e. The lowest BCUT2D eigenvalue weighted by atomic mass is 10.0. The van der Waals surface area contributed by atoms with Crippen LogP contribution >= 0.6 is 23.2 Å². The van der Waals surface area contributed by atoms with Crippen LogP contribution in [0.5, 0.6) is 0 Å². The molecule has 0 spiro atoms. The van der Waals surface area contributed by atoms with Crippen molar-refractivity contribution in [3.63, 3.8) is 0 Å². The number of nitrogens with zero attached hydrogens (tertiary/aromatic N) is 4. The third kappa shape index (κ3) is 3.00. The van der Waals surface area contributed by atoms with Gasteiger partial charge in [0.25, 0.3) is 0 Å². The molecule has 0 aliphatic carbocycles. The van der Waals surface area contributed by atoms with Gasteiger partial charge >= 0.3 is 0 Å². The molecule has 0 fully saturated rings. The van der Waals surface area contributed by atoms with Crippen molar-refractivity contribution in [2.45, 2.75) is 0 Å². The first kappa shape index (κ1) is 16.5. The van der Waals surface area contributed by atoms with Crippen LogP contribution in [0, 0.1) is 0 Å². The Hall–Kier alpha value is -2.96. The first-order valence-corrected chi connectivity index (χ1v) is 8.39. The maximum Gasteiger partial charge on any atom is 0.224 e. The summed E-state index contributed by atoms with van der Waals surface area (Å²) < 4.78 is 0. The third-order valence-corrected chi connectivity index (χ3v) is 4.31. The molecule has 4 N–H and O–H groups in total. The number of benzene rings is 2. The van der Waals surface area contributed by atoms with E-state index in [1.54, 1.807) is 24.3 Å². The van der Waals surface area contributed by atoms with Crippen LogP contribution in [0.1, 0.15) is 0 Å². The molecule has 0 aliphatic rings. The average Bonchev–Trinajstić information content (AvgIpc) is 2.62. The zero-order chi connectivity index (χ0) is 18.3. The molecule has 2 aromatic carbocycles. The Morgan fingerprint density at radius 3 is 1.65 bits per heavy atom. The van der Waals surface area contributed by atoms with Gasteiger partial charge in [0.15, 0.2) is 17.0 Å². The molecule has 6 nitrogen and oxygen atoms in total. The van der Waals surface area contributed by atoms with Gasteiger partial charge in [0, 0.05) is 21.2 Å². The zero-order valence-corrected chi connectivity index (χ0v) is 14.8. The lowest BCUT2D eigenvalue weighted by Crippen LogP contribution is -2.05. The van der Waals surface area contributed by atoms with Gasteiger partial charge in [-0.25, -0.2) is 9.97 Å². The van der Waals surface area contributed by atoms with E-state index in [0.717, 1.165) is 11.1 Å². The Morgan fingerprint density at radius 2 is 1.12 bits per heavy atom. The second-order valence-electron chi connectivity index (χ2n) is 5.57. The predicted octanol–water partition coefficient (Wildman–Crippen LogP) is 4.23. The van der Waals surface area contributed by atoms with Crippen LogP contribution in [0.2, 0.25) is 10.0 Å². The van der Waals surface area contributed by atoms with Gasteiger partial charge in [0.05, 0.1) is 11.4 Å². The van der Waals surface area contributed by atoms with Gasteiger partial charge in [-0.15, -0.1) is 0 Å². The fourth-order valence-electron chi connectivity index (χ4n) is 2.60. The Kier molecular flexibility index (Phi) is 4.06. The Bertz CT molecular complexity index is 1110. The highest BCUT2D eigenvalue weighted by atomic mass is 35.5. The molecular formula is C18H12Cl2N6. The highest BCUT2D eigenvalue weighted by Gasteiger charge is 2.16. The van der Waals surface area contributed by atoms with E-state index in [9.17, 15) is 0 Å². The van der Waals surface area contributed by atoms with E-state index < -0.39 is 0 Å². The van der Waals surface area contributed by atoms with Crippen LogP contribution in [-0.2, 0) is 0 Å². The van der Waals surface area contributed by atoms with Gasteiger partial charge in [0.2, 0.25) is 5.95 Å². The zero-order valence-electron chi connectivity index (χ0n) is 13.3. The molecule has 2 heterocycles. The number of halogens is 2. The number of aromatic nitrogens is 4. The lowest BCUT2D eigenvalue weighted by Gasteiger charge is -2.11. The van der Waals surface area contributed by atoms with Crippen molar-refractivity contribution >= 4 is 46.1 Å². The minimum absolute atomic E-state index is 0.0469. The molecule has 0 bridgehead atoms. The maximum absolute atomic E-state index is 6.01. The van der Waals surface area contributed by atoms with Crippen LogP contribution in [0.4, 0.5) is 11.8 Å². The minimum atomic E-state index is 0.0469. The van der Waals surface area contributed by atoms with Crippen LogP contribution in [-0.4, -0.2) is 19.9 Å². The maximum atomic E-state index is 6.01. The fraction of sp³-hybridized carbons (Fsp3) is 0. The summed E-state index contributed by atoms with van der Waals surface area (Å²) in [4.78, 5) is 17.4. The molecule has 26 heavy (non-hydrogen) atoms. The summed E-state index contributed by atoms with van der Waals surface area (Å²) in [5, 5.41) is 1.26. The standard InChI is InChI=1S/C18H12Cl2N6/c19-11-5-1-9(2-6-11)13-14(10-3-7-12(20)8-4-10)24-17-15(23-13)16(21)25-18(22)26-17/h1-8H,(H4,21,22,24,25,26). The number of nitrogens with two attached hydrogens (primary N) is 2. The van der Waals surface area contributed by atoms with Crippen LogP contribution in [0.15, 0.2) is 48.5 Å². The summed E-state index contributed by atoms with van der Waals surface area (Å²) in [6, 6.07) is 14.6. The normalized spacial score (nSPS) is 11.0. The van der Waals surface area contributed by atoms with Gasteiger partial charge in [-0.3, -0.25) is 0 Å². The van der Waals surface area contributed by atoms with Crippen molar-refractivity contribution in [2.75, 3.05) is 11.5 Å². The molecular weight excluding hydrogens is 371 g/mol. The molecule has 2 aromatic heterocycles. The van der Waals surface area contributed by atoms with Crippen molar-refractivity contribution in [2.24, 2.45) is 0 Å². The summed E-state index contributed by atoms with van der Waals surface area (Å²) in [5.41, 5.74) is 15.3. The molecule has 0 saturated heterocycles. The average molecular weight is 383 g/mol. The highest BCUT2D eigenvalue weighted by molar-refractivity contribution is 6.31. The molecule has 128 valence electrons. The topological polar surface area (TPSA) is 104 Å². The van der Waals surface area contributed by atoms with Gasteiger partial charge < -0.3 is 11.5 Å². The molecule has 0 aliphatic heterocycles. The number of rotatable bonds is 2. The number of hydrogen-bond donors (Lipinski definition) is 2. The second kappa shape index (κ2) is 6.40. The van der Waals surface area contributed by atoms with E-state index >= 15 is 0 Å². The summed E-state index contributed by atoms with van der Waals surface area (Å²) in [7, 11) is 0. The van der Waals surface area contributed by atoms with Crippen molar-refractivity contribution in [1.82, 2.24) is 19.9 Å². The summed E-state index contributed by atoms with van der Waals surface area (Å²) in [6.45, 7) is 0. The fourth-order valence-corrected chi connectivity index (χ4v) is 2.86. The van der Waals surface area contributed by atoms with Crippen LogP contribution in [0.25, 0.3) is 33.7 Å². The molecule has 4 rings (SSSR count). The predicted molar refractivity (Wildman–Crippen MR) is 105 cm³/mol. The van der Waals surface area contributed by atoms with E-state index in [4.69, 9.17) is 34.7 Å². The highest BCUT2D eigenvalue weighted by Crippen LogP contribution is 2.32. The van der Waals surface area contributed by atoms with Gasteiger partial charge in [-0.2, -0.15) is 9.97 Å². The quantitative estimate of drug-likeness (QED) is 0.537. The van der Waals surface area contributed by atoms with Gasteiger partial charge in [-0.05, 0) is 24.3 Å². The van der Waals surface area contributed by atoms with E-state index in [-0.39, 0.29) is 11.8 Å². The van der Waals surface area contributed by atoms with Crippen molar-refractivity contribution in [3.8, 4) is 22.5 Å². The van der Waals surface area contributed by atoms with E-state index in [0.29, 0.717) is 32.6 Å². The van der Waals surface area contributed by atoms with Crippen molar-refractivity contribution in [1.29, 1.82) is 0 Å². The molecule has 0 unspecified atom stereocenters. The Labute approximate surface area is 158 Å². The number of fused-ring (bicyclic) bond motifs is 1. The van der Waals surface area contributed by atoms with E-state index in [1.807, 2.05) is 24.3 Å². The Balaban J connectivity index is 2.04. The molecule has 0 saturated carbocycles. The first-order valence-electron chi connectivity index (χ1n) is 7.64. The number of nitrogen functional groups attached to an aromatic ring is 2.